The number of hydrazine groups is 1. The first-order valence-corrected chi connectivity index (χ1v) is 8.93. The van der Waals surface area contributed by atoms with Crippen molar-refractivity contribution in [3.05, 3.63) is 59.5 Å². The number of aromatic nitrogens is 2. The Morgan fingerprint density at radius 1 is 1.10 bits per heavy atom. The van der Waals surface area contributed by atoms with Crippen LogP contribution in [0.5, 0.6) is 0 Å². The van der Waals surface area contributed by atoms with Crippen molar-refractivity contribution >= 4 is 34.1 Å². The summed E-state index contributed by atoms with van der Waals surface area (Å²) < 4.78 is 38.5. The number of fused-ring (bicyclic) bond motifs is 1. The summed E-state index contributed by atoms with van der Waals surface area (Å²) in [7, 11) is 0. The number of nitrogens with one attached hydrogen (secondary N) is 2. The van der Waals surface area contributed by atoms with E-state index in [4.69, 9.17) is 0 Å². The van der Waals surface area contributed by atoms with Gasteiger partial charge < -0.3 is 5.32 Å². The number of nitrogens with zero attached hydrogens (tertiary/aromatic N) is 3. The smallest absolute Gasteiger partial charge is 0.255 e. The zero-order valence-electron chi connectivity index (χ0n) is 16.1. The molecule has 0 unspecified atom stereocenters. The highest BCUT2D eigenvalue weighted by molar-refractivity contribution is 5.99. The molecule has 0 atom stereocenters. The SMILES string of the molecule is CC(=O)N(Nc1c(C)nnc2c(F)cccc12)c1ccc(C(=O)NCC(F)F)cc1. The third-order valence-electron chi connectivity index (χ3n) is 4.26. The number of alkyl halides is 2. The van der Waals surface area contributed by atoms with Gasteiger partial charge >= 0.3 is 0 Å². The van der Waals surface area contributed by atoms with Gasteiger partial charge in [0, 0.05) is 17.9 Å². The quantitative estimate of drug-likeness (QED) is 0.600. The number of halogens is 3. The van der Waals surface area contributed by atoms with Crippen LogP contribution in [0.4, 0.5) is 24.5 Å². The van der Waals surface area contributed by atoms with Crippen LogP contribution in [0.2, 0.25) is 0 Å². The molecule has 7 nitrogen and oxygen atoms in total. The van der Waals surface area contributed by atoms with E-state index < -0.39 is 24.7 Å². The van der Waals surface area contributed by atoms with Crippen molar-refractivity contribution in [2.45, 2.75) is 20.3 Å². The summed E-state index contributed by atoms with van der Waals surface area (Å²) in [6.45, 7) is 2.23. The molecule has 2 aromatic carbocycles. The minimum absolute atomic E-state index is 0.0557. The molecule has 156 valence electrons. The molecule has 3 aromatic rings. The van der Waals surface area contributed by atoms with Gasteiger partial charge in [0.25, 0.3) is 12.3 Å². The highest BCUT2D eigenvalue weighted by Crippen LogP contribution is 2.27. The van der Waals surface area contributed by atoms with Crippen LogP contribution in [-0.4, -0.2) is 35.0 Å². The molecule has 0 radical (unpaired) electrons. The Bertz CT molecular complexity index is 1090. The number of aryl methyl sites for hydroxylation is 1. The highest BCUT2D eigenvalue weighted by Gasteiger charge is 2.18. The van der Waals surface area contributed by atoms with E-state index in [9.17, 15) is 22.8 Å². The summed E-state index contributed by atoms with van der Waals surface area (Å²) in [4.78, 5) is 24.1. The number of carbonyl (C=O) groups is 2. The van der Waals surface area contributed by atoms with Crippen molar-refractivity contribution in [2.75, 3.05) is 17.0 Å². The average molecular weight is 417 g/mol. The molecule has 3 rings (SSSR count). The van der Waals surface area contributed by atoms with E-state index in [-0.39, 0.29) is 17.0 Å². The van der Waals surface area contributed by atoms with Crippen LogP contribution in [-0.2, 0) is 4.79 Å². The Labute approximate surface area is 169 Å². The Morgan fingerprint density at radius 3 is 2.43 bits per heavy atom. The summed E-state index contributed by atoms with van der Waals surface area (Å²) in [5.74, 6) is -1.58. The minimum Gasteiger partial charge on any atom is -0.346 e. The number of amides is 2. The fraction of sp³-hybridized carbons (Fsp3) is 0.200. The number of carbonyl (C=O) groups excluding carboxylic acids is 2. The Kier molecular flexibility index (Phi) is 6.14. The highest BCUT2D eigenvalue weighted by atomic mass is 19.3. The second kappa shape index (κ2) is 8.76. The molecular weight excluding hydrogens is 399 g/mol. The summed E-state index contributed by atoms with van der Waals surface area (Å²) in [6.07, 6.45) is -2.65. The molecule has 2 N–H and O–H groups in total. The number of hydrogen-bond acceptors (Lipinski definition) is 5. The number of rotatable bonds is 6. The summed E-state index contributed by atoms with van der Waals surface area (Å²) in [6, 6.07) is 10.2. The minimum atomic E-state index is -2.65. The van der Waals surface area contributed by atoms with Gasteiger partial charge in [-0.05, 0) is 37.3 Å². The van der Waals surface area contributed by atoms with Gasteiger partial charge in [0.15, 0.2) is 5.82 Å². The maximum atomic E-state index is 14.1. The summed E-state index contributed by atoms with van der Waals surface area (Å²) in [5, 5.41) is 11.6. The third kappa shape index (κ3) is 4.48. The van der Waals surface area contributed by atoms with Crippen molar-refractivity contribution in [3.8, 4) is 0 Å². The van der Waals surface area contributed by atoms with E-state index in [2.05, 4.69) is 20.9 Å². The first-order chi connectivity index (χ1) is 14.3. The molecule has 0 aliphatic carbocycles. The first kappa shape index (κ1) is 21.0. The molecule has 2 amide bonds. The standard InChI is InChI=1S/C20H18F3N5O2/c1-11-18(15-4-3-5-16(21)19(15)26-25-11)27-28(12(2)29)14-8-6-13(7-9-14)20(30)24-10-17(22)23/h3-9,17H,10H2,1-2H3,(H,24,30)(H,26,27). The van der Waals surface area contributed by atoms with E-state index >= 15 is 0 Å². The topological polar surface area (TPSA) is 87.2 Å². The van der Waals surface area contributed by atoms with Crippen molar-refractivity contribution in [2.24, 2.45) is 0 Å². The molecule has 0 saturated carbocycles. The van der Waals surface area contributed by atoms with Crippen LogP contribution in [0.25, 0.3) is 10.9 Å². The third-order valence-corrected chi connectivity index (χ3v) is 4.26. The van der Waals surface area contributed by atoms with Crippen LogP contribution in [0, 0.1) is 12.7 Å². The van der Waals surface area contributed by atoms with Crippen molar-refractivity contribution in [1.82, 2.24) is 15.5 Å². The maximum absolute atomic E-state index is 14.1. The van der Waals surface area contributed by atoms with Crippen molar-refractivity contribution in [3.63, 3.8) is 0 Å². The molecule has 0 aliphatic rings. The second-order valence-corrected chi connectivity index (χ2v) is 6.41. The number of hydrogen-bond donors (Lipinski definition) is 2. The van der Waals surface area contributed by atoms with Gasteiger partial charge in [-0.2, -0.15) is 5.10 Å². The van der Waals surface area contributed by atoms with Gasteiger partial charge in [0.2, 0.25) is 5.91 Å². The summed E-state index contributed by atoms with van der Waals surface area (Å²) in [5.41, 5.74) is 4.38. The van der Waals surface area contributed by atoms with E-state index in [1.54, 1.807) is 13.0 Å². The number of anilines is 2. The van der Waals surface area contributed by atoms with Crippen molar-refractivity contribution < 1.29 is 22.8 Å². The molecule has 30 heavy (non-hydrogen) atoms. The monoisotopic (exact) mass is 417 g/mol. The van der Waals surface area contributed by atoms with Crippen molar-refractivity contribution in [1.29, 1.82) is 0 Å². The zero-order chi connectivity index (χ0) is 21.8. The molecule has 0 fully saturated rings. The van der Waals surface area contributed by atoms with E-state index in [1.165, 1.54) is 48.3 Å². The molecule has 0 aliphatic heterocycles. The average Bonchev–Trinajstić information content (AvgIpc) is 2.71. The molecular formula is C20H18F3N5O2. The zero-order valence-corrected chi connectivity index (χ0v) is 16.1. The lowest BCUT2D eigenvalue weighted by Crippen LogP contribution is -2.35. The lowest BCUT2D eigenvalue weighted by Gasteiger charge is -2.24. The van der Waals surface area contributed by atoms with Crippen LogP contribution in [0.15, 0.2) is 42.5 Å². The lowest BCUT2D eigenvalue weighted by molar-refractivity contribution is -0.116. The van der Waals surface area contributed by atoms with Gasteiger partial charge in [0.05, 0.1) is 23.6 Å². The summed E-state index contributed by atoms with van der Waals surface area (Å²) >= 11 is 0. The van der Waals surface area contributed by atoms with Gasteiger partial charge in [-0.15, -0.1) is 5.10 Å². The Morgan fingerprint density at radius 2 is 1.80 bits per heavy atom. The van der Waals surface area contributed by atoms with Gasteiger partial charge in [-0.25, -0.2) is 18.2 Å². The molecule has 0 spiro atoms. The first-order valence-electron chi connectivity index (χ1n) is 8.93. The molecule has 1 heterocycles. The number of benzene rings is 2. The van der Waals surface area contributed by atoms with Crippen LogP contribution in [0.3, 0.4) is 0 Å². The van der Waals surface area contributed by atoms with Crippen LogP contribution in [0.1, 0.15) is 23.0 Å². The fourth-order valence-corrected chi connectivity index (χ4v) is 2.80. The normalized spacial score (nSPS) is 10.9. The second-order valence-electron chi connectivity index (χ2n) is 6.41. The predicted octanol–water partition coefficient (Wildman–Crippen LogP) is 3.45. The largest absolute Gasteiger partial charge is 0.346 e. The van der Waals surface area contributed by atoms with E-state index in [1.807, 2.05) is 0 Å². The Balaban J connectivity index is 1.90. The lowest BCUT2D eigenvalue weighted by atomic mass is 10.1. The van der Waals surface area contributed by atoms with E-state index in [0.717, 1.165) is 0 Å². The molecule has 10 heteroatoms. The predicted molar refractivity (Wildman–Crippen MR) is 106 cm³/mol. The van der Waals surface area contributed by atoms with Gasteiger partial charge in [0.1, 0.15) is 5.52 Å². The fourth-order valence-electron chi connectivity index (χ4n) is 2.80. The molecule has 1 aromatic heterocycles. The molecule has 0 bridgehead atoms. The van der Waals surface area contributed by atoms with Crippen LogP contribution < -0.4 is 15.8 Å². The van der Waals surface area contributed by atoms with Gasteiger partial charge in [-0.1, -0.05) is 12.1 Å². The molecule has 0 saturated heterocycles. The van der Waals surface area contributed by atoms with E-state index in [0.29, 0.717) is 22.5 Å². The van der Waals surface area contributed by atoms with Crippen LogP contribution >= 0.6 is 0 Å². The maximum Gasteiger partial charge on any atom is 0.255 e. The van der Waals surface area contributed by atoms with Gasteiger partial charge in [-0.3, -0.25) is 15.0 Å². The Hall–Kier alpha value is -3.69.